The van der Waals surface area contributed by atoms with Gasteiger partial charge >= 0.3 is 0 Å². The molecule has 2 aromatic carbocycles. The highest BCUT2D eigenvalue weighted by molar-refractivity contribution is 5.48. The van der Waals surface area contributed by atoms with E-state index in [-0.39, 0.29) is 6.61 Å². The summed E-state index contributed by atoms with van der Waals surface area (Å²) in [6.07, 6.45) is 0. The summed E-state index contributed by atoms with van der Waals surface area (Å²) in [6.45, 7) is 0.288. The summed E-state index contributed by atoms with van der Waals surface area (Å²) in [7, 11) is 0. The van der Waals surface area contributed by atoms with Crippen molar-refractivity contribution in [2.75, 3.05) is 6.61 Å². The summed E-state index contributed by atoms with van der Waals surface area (Å²) in [5, 5.41) is 10.7. The zero-order chi connectivity index (χ0) is 11.0. The zero-order valence-corrected chi connectivity index (χ0v) is 8.76. The lowest BCUT2D eigenvalue weighted by molar-refractivity contribution is 0.0560. The van der Waals surface area contributed by atoms with E-state index in [1.165, 1.54) is 0 Å². The van der Waals surface area contributed by atoms with E-state index >= 15 is 0 Å². The van der Waals surface area contributed by atoms with Crippen LogP contribution in [0.2, 0.25) is 0 Å². The molecular weight excluding hydrogens is 200 g/mol. The van der Waals surface area contributed by atoms with Gasteiger partial charge in [-0.2, -0.15) is 0 Å². The molecule has 0 bridgehead atoms. The molecule has 1 aliphatic rings. The van der Waals surface area contributed by atoms with Crippen LogP contribution < -0.4 is 4.74 Å². The minimum absolute atomic E-state index is 0.288. The Kier molecular flexibility index (Phi) is 1.98. The molecule has 0 spiro atoms. The topological polar surface area (TPSA) is 29.5 Å². The van der Waals surface area contributed by atoms with Crippen LogP contribution in [0.25, 0.3) is 0 Å². The third kappa shape index (κ3) is 1.24. The highest BCUT2D eigenvalue weighted by Crippen LogP contribution is 2.40. The second-order valence-corrected chi connectivity index (χ2v) is 4.01. The van der Waals surface area contributed by atoms with Crippen LogP contribution >= 0.6 is 0 Å². The second-order valence-electron chi connectivity index (χ2n) is 4.01. The molecule has 2 heteroatoms. The van der Waals surface area contributed by atoms with Crippen LogP contribution in [0.15, 0.2) is 54.6 Å². The van der Waals surface area contributed by atoms with Crippen molar-refractivity contribution in [3.05, 3.63) is 65.7 Å². The van der Waals surface area contributed by atoms with Crippen LogP contribution in [-0.2, 0) is 5.60 Å². The lowest BCUT2D eigenvalue weighted by Crippen LogP contribution is -2.28. The molecule has 1 aliphatic heterocycles. The maximum Gasteiger partial charge on any atom is 0.152 e. The van der Waals surface area contributed by atoms with E-state index in [0.29, 0.717) is 0 Å². The fourth-order valence-corrected chi connectivity index (χ4v) is 2.15. The van der Waals surface area contributed by atoms with Crippen LogP contribution in [-0.4, -0.2) is 11.7 Å². The summed E-state index contributed by atoms with van der Waals surface area (Å²) in [5.41, 5.74) is 0.721. The first-order chi connectivity index (χ1) is 7.81. The normalized spacial score (nSPS) is 22.6. The first-order valence-electron chi connectivity index (χ1n) is 5.31. The van der Waals surface area contributed by atoms with Crippen molar-refractivity contribution in [1.29, 1.82) is 0 Å². The molecule has 0 saturated carbocycles. The molecule has 1 heterocycles. The monoisotopic (exact) mass is 212 g/mol. The number of hydrogen-bond acceptors (Lipinski definition) is 2. The van der Waals surface area contributed by atoms with Gasteiger partial charge in [0.2, 0.25) is 0 Å². The molecule has 2 aromatic rings. The average Bonchev–Trinajstić information content (AvgIpc) is 2.71. The Morgan fingerprint density at radius 1 is 0.938 bits per heavy atom. The molecule has 0 aromatic heterocycles. The van der Waals surface area contributed by atoms with Gasteiger partial charge < -0.3 is 9.84 Å². The van der Waals surface area contributed by atoms with Crippen molar-refractivity contribution < 1.29 is 9.84 Å². The third-order valence-electron chi connectivity index (χ3n) is 3.02. The van der Waals surface area contributed by atoms with Gasteiger partial charge in [0, 0.05) is 5.56 Å². The van der Waals surface area contributed by atoms with Gasteiger partial charge in [0.25, 0.3) is 0 Å². The van der Waals surface area contributed by atoms with Crippen LogP contribution in [0.5, 0.6) is 5.75 Å². The summed E-state index contributed by atoms with van der Waals surface area (Å²) in [5.74, 6) is 0.772. The van der Waals surface area contributed by atoms with E-state index < -0.39 is 5.60 Å². The molecule has 3 rings (SSSR count). The summed E-state index contributed by atoms with van der Waals surface area (Å²) < 4.78 is 5.52. The van der Waals surface area contributed by atoms with E-state index in [4.69, 9.17) is 4.74 Å². The number of aliphatic hydroxyl groups is 1. The van der Waals surface area contributed by atoms with E-state index in [2.05, 4.69) is 0 Å². The minimum Gasteiger partial charge on any atom is -0.489 e. The molecule has 16 heavy (non-hydrogen) atoms. The molecular formula is C14H12O2. The van der Waals surface area contributed by atoms with Crippen molar-refractivity contribution in [3.63, 3.8) is 0 Å². The standard InChI is InChI=1S/C14H12O2/c15-14(11-6-2-1-3-7-11)10-16-13-9-5-4-8-12(13)14/h1-9,15H,10H2. The Hall–Kier alpha value is -1.80. The van der Waals surface area contributed by atoms with Crippen LogP contribution in [0.3, 0.4) is 0 Å². The van der Waals surface area contributed by atoms with E-state index in [1.54, 1.807) is 0 Å². The van der Waals surface area contributed by atoms with Crippen LogP contribution in [0.4, 0.5) is 0 Å². The number of fused-ring (bicyclic) bond motifs is 1. The molecule has 2 nitrogen and oxygen atoms in total. The fraction of sp³-hybridized carbons (Fsp3) is 0.143. The van der Waals surface area contributed by atoms with Gasteiger partial charge in [0.05, 0.1) is 0 Å². The molecule has 0 aliphatic carbocycles. The predicted octanol–water partition coefficient (Wildman–Crippen LogP) is 2.31. The van der Waals surface area contributed by atoms with Crippen LogP contribution in [0, 0.1) is 0 Å². The summed E-state index contributed by atoms with van der Waals surface area (Å²) in [6, 6.07) is 17.3. The van der Waals surface area contributed by atoms with Crippen molar-refractivity contribution in [2.45, 2.75) is 5.60 Å². The highest BCUT2D eigenvalue weighted by atomic mass is 16.5. The lowest BCUT2D eigenvalue weighted by atomic mass is 9.88. The molecule has 0 radical (unpaired) electrons. The van der Waals surface area contributed by atoms with Gasteiger partial charge in [0.1, 0.15) is 12.4 Å². The Labute approximate surface area is 94.1 Å². The van der Waals surface area contributed by atoms with Crippen molar-refractivity contribution in [1.82, 2.24) is 0 Å². The Morgan fingerprint density at radius 3 is 2.44 bits per heavy atom. The van der Waals surface area contributed by atoms with Crippen LogP contribution in [0.1, 0.15) is 11.1 Å². The molecule has 0 saturated heterocycles. The second kappa shape index (κ2) is 3.35. The minimum atomic E-state index is -1.00. The largest absolute Gasteiger partial charge is 0.489 e. The smallest absolute Gasteiger partial charge is 0.152 e. The van der Waals surface area contributed by atoms with Gasteiger partial charge in [0.15, 0.2) is 5.60 Å². The van der Waals surface area contributed by atoms with Gasteiger partial charge in [-0.3, -0.25) is 0 Å². The van der Waals surface area contributed by atoms with E-state index in [9.17, 15) is 5.11 Å². The molecule has 80 valence electrons. The maximum atomic E-state index is 10.7. The summed E-state index contributed by atoms with van der Waals surface area (Å²) in [4.78, 5) is 0. The Bertz CT molecular complexity index is 507. The summed E-state index contributed by atoms with van der Waals surface area (Å²) >= 11 is 0. The van der Waals surface area contributed by atoms with E-state index in [0.717, 1.165) is 16.9 Å². The number of ether oxygens (including phenoxy) is 1. The van der Waals surface area contributed by atoms with E-state index in [1.807, 2.05) is 54.6 Å². The Morgan fingerprint density at radius 2 is 1.62 bits per heavy atom. The van der Waals surface area contributed by atoms with Gasteiger partial charge in [-0.05, 0) is 11.6 Å². The fourth-order valence-electron chi connectivity index (χ4n) is 2.15. The molecule has 1 unspecified atom stereocenters. The third-order valence-corrected chi connectivity index (χ3v) is 3.02. The molecule has 1 N–H and O–H groups in total. The number of hydrogen-bond donors (Lipinski definition) is 1. The Balaban J connectivity index is 2.15. The molecule has 0 fully saturated rings. The first-order valence-corrected chi connectivity index (χ1v) is 5.31. The van der Waals surface area contributed by atoms with Gasteiger partial charge in [-0.15, -0.1) is 0 Å². The maximum absolute atomic E-state index is 10.7. The van der Waals surface area contributed by atoms with Crippen molar-refractivity contribution in [2.24, 2.45) is 0 Å². The first kappa shape index (κ1) is 9.43. The molecule has 1 atom stereocenters. The molecule has 0 amide bonds. The van der Waals surface area contributed by atoms with Crippen molar-refractivity contribution >= 4 is 0 Å². The number of benzene rings is 2. The van der Waals surface area contributed by atoms with Crippen molar-refractivity contribution in [3.8, 4) is 5.75 Å². The quantitative estimate of drug-likeness (QED) is 0.786. The highest BCUT2D eigenvalue weighted by Gasteiger charge is 2.39. The predicted molar refractivity (Wildman–Crippen MR) is 61.4 cm³/mol. The SMILES string of the molecule is OC1(c2ccccc2)COc2ccccc21. The zero-order valence-electron chi connectivity index (χ0n) is 8.76. The lowest BCUT2D eigenvalue weighted by Gasteiger charge is -2.21. The number of para-hydroxylation sites is 1. The average molecular weight is 212 g/mol. The number of rotatable bonds is 1. The van der Waals surface area contributed by atoms with Gasteiger partial charge in [-0.25, -0.2) is 0 Å². The van der Waals surface area contributed by atoms with Gasteiger partial charge in [-0.1, -0.05) is 48.5 Å².